The maximum Gasteiger partial charge on any atom is 0.0536 e. The summed E-state index contributed by atoms with van der Waals surface area (Å²) in [6, 6.07) is 1.99. The van der Waals surface area contributed by atoms with Gasteiger partial charge in [0.15, 0.2) is 0 Å². The molecule has 1 aromatic rings. The highest BCUT2D eigenvalue weighted by atomic mass is 35.5. The normalized spacial score (nSPS) is 27.1. The molecule has 2 unspecified atom stereocenters. The third-order valence-corrected chi connectivity index (χ3v) is 3.99. The average Bonchev–Trinajstić information content (AvgIpc) is 2.97. The fourth-order valence-corrected chi connectivity index (χ4v) is 2.99. The van der Waals surface area contributed by atoms with E-state index in [0.717, 1.165) is 24.9 Å². The standard InChI is InChI=1S/C12H20N4.2ClH/c1-3-14-16(4-1)7-6-15-5-2-11-8-13-9-12(11)10-15;;/h1,3-4,11-13H,2,5-10H2;2*1H. The van der Waals surface area contributed by atoms with Gasteiger partial charge in [0, 0.05) is 25.5 Å². The third-order valence-electron chi connectivity index (χ3n) is 3.99. The van der Waals surface area contributed by atoms with Gasteiger partial charge in [-0.2, -0.15) is 5.10 Å². The van der Waals surface area contributed by atoms with E-state index in [-0.39, 0.29) is 24.8 Å². The Kier molecular flexibility index (Phi) is 6.43. The number of hydrogen-bond donors (Lipinski definition) is 1. The zero-order valence-electron chi connectivity index (χ0n) is 10.5. The van der Waals surface area contributed by atoms with E-state index in [1.54, 1.807) is 0 Å². The maximum atomic E-state index is 4.24. The molecule has 0 radical (unpaired) electrons. The highest BCUT2D eigenvalue weighted by Crippen LogP contribution is 2.26. The Labute approximate surface area is 121 Å². The van der Waals surface area contributed by atoms with Crippen LogP contribution < -0.4 is 5.32 Å². The van der Waals surface area contributed by atoms with Crippen LogP contribution in [0.3, 0.4) is 0 Å². The fraction of sp³-hybridized carbons (Fsp3) is 0.750. The van der Waals surface area contributed by atoms with Crippen molar-refractivity contribution >= 4 is 24.8 Å². The molecule has 0 aromatic carbocycles. The molecule has 0 spiro atoms. The number of fused-ring (bicyclic) bond motifs is 1. The van der Waals surface area contributed by atoms with Gasteiger partial charge in [-0.15, -0.1) is 24.8 Å². The summed E-state index contributed by atoms with van der Waals surface area (Å²) in [7, 11) is 0. The van der Waals surface area contributed by atoms with Crippen LogP contribution in [0.4, 0.5) is 0 Å². The SMILES string of the molecule is Cl.Cl.c1cnn(CCN2CCC3CNCC3C2)c1. The Morgan fingerprint density at radius 2 is 2.00 bits per heavy atom. The highest BCUT2D eigenvalue weighted by molar-refractivity contribution is 5.85. The molecule has 3 rings (SSSR count). The minimum Gasteiger partial charge on any atom is -0.316 e. The smallest absolute Gasteiger partial charge is 0.0536 e. The summed E-state index contributed by atoms with van der Waals surface area (Å²) in [6.45, 7) is 7.19. The minimum atomic E-state index is 0. The van der Waals surface area contributed by atoms with Gasteiger partial charge in [0.25, 0.3) is 0 Å². The van der Waals surface area contributed by atoms with Gasteiger partial charge in [-0.05, 0) is 44.0 Å². The Morgan fingerprint density at radius 3 is 2.78 bits per heavy atom. The number of nitrogens with one attached hydrogen (secondary N) is 1. The number of piperidine rings is 1. The first-order valence-electron chi connectivity index (χ1n) is 6.32. The number of likely N-dealkylation sites (tertiary alicyclic amines) is 1. The zero-order valence-corrected chi connectivity index (χ0v) is 12.1. The lowest BCUT2D eigenvalue weighted by Gasteiger charge is -2.34. The largest absolute Gasteiger partial charge is 0.316 e. The molecule has 18 heavy (non-hydrogen) atoms. The van der Waals surface area contributed by atoms with Gasteiger partial charge in [-0.1, -0.05) is 0 Å². The Morgan fingerprint density at radius 1 is 1.17 bits per heavy atom. The lowest BCUT2D eigenvalue weighted by Crippen LogP contribution is -2.41. The Bertz CT molecular complexity index is 331. The lowest BCUT2D eigenvalue weighted by molar-refractivity contribution is 0.143. The number of nitrogens with zero attached hydrogens (tertiary/aromatic N) is 3. The van der Waals surface area contributed by atoms with Crippen LogP contribution in [0, 0.1) is 11.8 Å². The monoisotopic (exact) mass is 292 g/mol. The summed E-state index contributed by atoms with van der Waals surface area (Å²) in [5.74, 6) is 1.84. The first-order chi connectivity index (χ1) is 7.92. The van der Waals surface area contributed by atoms with Crippen molar-refractivity contribution < 1.29 is 0 Å². The van der Waals surface area contributed by atoms with Crippen LogP contribution in [-0.2, 0) is 6.54 Å². The molecule has 1 N–H and O–H groups in total. The first kappa shape index (κ1) is 15.8. The molecule has 2 aliphatic heterocycles. The second-order valence-corrected chi connectivity index (χ2v) is 5.04. The topological polar surface area (TPSA) is 33.1 Å². The summed E-state index contributed by atoms with van der Waals surface area (Å²) in [6.07, 6.45) is 5.27. The third kappa shape index (κ3) is 3.60. The van der Waals surface area contributed by atoms with Crippen molar-refractivity contribution in [3.63, 3.8) is 0 Å². The van der Waals surface area contributed by atoms with E-state index >= 15 is 0 Å². The zero-order chi connectivity index (χ0) is 10.8. The Balaban J connectivity index is 0.000000810. The van der Waals surface area contributed by atoms with E-state index < -0.39 is 0 Å². The minimum absolute atomic E-state index is 0. The van der Waals surface area contributed by atoms with Crippen LogP contribution in [0.15, 0.2) is 18.5 Å². The molecule has 2 saturated heterocycles. The molecule has 1 aromatic heterocycles. The van der Waals surface area contributed by atoms with Gasteiger partial charge >= 0.3 is 0 Å². The molecule has 2 aliphatic rings. The quantitative estimate of drug-likeness (QED) is 0.911. The summed E-state index contributed by atoms with van der Waals surface area (Å²) < 4.78 is 2.03. The van der Waals surface area contributed by atoms with Crippen LogP contribution in [0.25, 0.3) is 0 Å². The van der Waals surface area contributed by atoms with Crippen molar-refractivity contribution in [2.24, 2.45) is 11.8 Å². The molecule has 0 saturated carbocycles. The molecule has 4 nitrogen and oxygen atoms in total. The molecule has 2 fully saturated rings. The van der Waals surface area contributed by atoms with Gasteiger partial charge in [-0.3, -0.25) is 4.68 Å². The predicted molar refractivity (Wildman–Crippen MR) is 77.6 cm³/mol. The molecule has 0 bridgehead atoms. The van der Waals surface area contributed by atoms with Crippen LogP contribution in [-0.4, -0.2) is 47.4 Å². The van der Waals surface area contributed by atoms with Crippen molar-refractivity contribution in [1.82, 2.24) is 20.0 Å². The van der Waals surface area contributed by atoms with Crippen LogP contribution in [0.1, 0.15) is 6.42 Å². The second kappa shape index (κ2) is 7.34. The number of halogens is 2. The van der Waals surface area contributed by atoms with E-state index in [1.165, 1.54) is 32.6 Å². The van der Waals surface area contributed by atoms with Crippen molar-refractivity contribution in [2.75, 3.05) is 32.7 Å². The molecule has 0 aliphatic carbocycles. The average molecular weight is 293 g/mol. The molecule has 3 heterocycles. The molecular weight excluding hydrogens is 271 g/mol. The molecule has 2 atom stereocenters. The summed E-state index contributed by atoms with van der Waals surface area (Å²) >= 11 is 0. The van der Waals surface area contributed by atoms with Crippen molar-refractivity contribution in [3.8, 4) is 0 Å². The van der Waals surface area contributed by atoms with E-state index in [2.05, 4.69) is 15.3 Å². The lowest BCUT2D eigenvalue weighted by atomic mass is 9.89. The highest BCUT2D eigenvalue weighted by Gasteiger charge is 2.32. The van der Waals surface area contributed by atoms with E-state index in [1.807, 2.05) is 23.1 Å². The Hall–Kier alpha value is -0.290. The van der Waals surface area contributed by atoms with Gasteiger partial charge in [0.1, 0.15) is 0 Å². The summed E-state index contributed by atoms with van der Waals surface area (Å²) in [4.78, 5) is 2.59. The predicted octanol–water partition coefficient (Wildman–Crippen LogP) is 1.27. The van der Waals surface area contributed by atoms with E-state index in [0.29, 0.717) is 0 Å². The first-order valence-corrected chi connectivity index (χ1v) is 6.32. The molecule has 6 heteroatoms. The maximum absolute atomic E-state index is 4.24. The van der Waals surface area contributed by atoms with Crippen LogP contribution in [0.5, 0.6) is 0 Å². The van der Waals surface area contributed by atoms with Crippen LogP contribution >= 0.6 is 24.8 Å². The number of aromatic nitrogens is 2. The van der Waals surface area contributed by atoms with Gasteiger partial charge in [-0.25, -0.2) is 0 Å². The number of hydrogen-bond acceptors (Lipinski definition) is 3. The van der Waals surface area contributed by atoms with Gasteiger partial charge < -0.3 is 10.2 Å². The van der Waals surface area contributed by atoms with E-state index in [9.17, 15) is 0 Å². The molecule has 0 amide bonds. The van der Waals surface area contributed by atoms with Gasteiger partial charge in [0.05, 0.1) is 6.54 Å². The van der Waals surface area contributed by atoms with Crippen LogP contribution in [0.2, 0.25) is 0 Å². The van der Waals surface area contributed by atoms with Crippen molar-refractivity contribution in [3.05, 3.63) is 18.5 Å². The van der Waals surface area contributed by atoms with Crippen molar-refractivity contribution in [2.45, 2.75) is 13.0 Å². The van der Waals surface area contributed by atoms with E-state index in [4.69, 9.17) is 0 Å². The molecule has 104 valence electrons. The second-order valence-electron chi connectivity index (χ2n) is 5.04. The number of rotatable bonds is 3. The van der Waals surface area contributed by atoms with Gasteiger partial charge in [0.2, 0.25) is 0 Å². The summed E-state index contributed by atoms with van der Waals surface area (Å²) in [5.41, 5.74) is 0. The van der Waals surface area contributed by atoms with Crippen molar-refractivity contribution in [1.29, 1.82) is 0 Å². The molecular formula is C12H22Cl2N4. The summed E-state index contributed by atoms with van der Waals surface area (Å²) in [5, 5.41) is 7.76. The fourth-order valence-electron chi connectivity index (χ4n) is 2.99.